The molecule has 6 rings (SSSR count). The van der Waals surface area contributed by atoms with Gasteiger partial charge in [-0.05, 0) is 71.9 Å². The zero-order chi connectivity index (χ0) is 28.9. The van der Waals surface area contributed by atoms with Crippen LogP contribution in [0.15, 0.2) is 97.1 Å². The van der Waals surface area contributed by atoms with Crippen LogP contribution in [0.1, 0.15) is 51.5 Å². The fourth-order valence-electron chi connectivity index (χ4n) is 5.56. The molecule has 0 atom stereocenters. The molecule has 1 aliphatic rings. The third-order valence-corrected chi connectivity index (χ3v) is 8.06. The summed E-state index contributed by atoms with van der Waals surface area (Å²) in [7, 11) is 0. The first kappa shape index (κ1) is 27.6. The Bertz CT molecular complexity index is 1760. The van der Waals surface area contributed by atoms with Gasteiger partial charge < -0.3 is 9.69 Å². The molecule has 0 N–H and O–H groups in total. The molecule has 5 nitrogen and oxygen atoms in total. The molecule has 0 aliphatic carbocycles. The number of carbonyl (C=O) groups is 2. The monoisotopic (exact) mass is 571 g/mol. The third-order valence-electron chi connectivity index (χ3n) is 7.81. The number of piperidine rings is 1. The number of benzene rings is 4. The highest BCUT2D eigenvalue weighted by molar-refractivity contribution is 6.30. The van der Waals surface area contributed by atoms with Crippen LogP contribution in [0.25, 0.3) is 34.4 Å². The highest BCUT2D eigenvalue weighted by atomic mass is 35.5. The van der Waals surface area contributed by atoms with Crippen molar-refractivity contribution >= 4 is 47.0 Å². The molecule has 1 aromatic heterocycles. The van der Waals surface area contributed by atoms with Gasteiger partial charge in [0.1, 0.15) is 6.29 Å². The molecule has 1 aliphatic heterocycles. The quantitative estimate of drug-likeness (QED) is 0.186. The SMILES string of the molecule is O=CCc1cccc(/C=C/c2nc3cc(C(=O)N4CCC(c5ccccc5)CC4)ccc3nc2-c2ccc(Cl)cc2)c1. The van der Waals surface area contributed by atoms with Crippen LogP contribution in [0.4, 0.5) is 0 Å². The van der Waals surface area contributed by atoms with E-state index in [1.54, 1.807) is 0 Å². The number of aldehydes is 1. The number of fused-ring (bicyclic) bond motifs is 1. The molecule has 2 heterocycles. The first-order valence-electron chi connectivity index (χ1n) is 14.2. The summed E-state index contributed by atoms with van der Waals surface area (Å²) in [4.78, 5) is 36.4. The van der Waals surface area contributed by atoms with Gasteiger partial charge in [-0.3, -0.25) is 4.79 Å². The number of amides is 1. The topological polar surface area (TPSA) is 63.2 Å². The van der Waals surface area contributed by atoms with Crippen LogP contribution in [0.2, 0.25) is 5.02 Å². The van der Waals surface area contributed by atoms with E-state index < -0.39 is 0 Å². The average molecular weight is 572 g/mol. The zero-order valence-corrected chi connectivity index (χ0v) is 23.9. The van der Waals surface area contributed by atoms with Gasteiger partial charge in [0.05, 0.1) is 22.4 Å². The minimum absolute atomic E-state index is 0.0241. The minimum atomic E-state index is 0.0241. The van der Waals surface area contributed by atoms with E-state index in [-0.39, 0.29) is 5.91 Å². The highest BCUT2D eigenvalue weighted by Gasteiger charge is 2.25. The highest BCUT2D eigenvalue weighted by Crippen LogP contribution is 2.30. The van der Waals surface area contributed by atoms with E-state index in [0.29, 0.717) is 39.7 Å². The van der Waals surface area contributed by atoms with Crippen LogP contribution < -0.4 is 0 Å². The largest absolute Gasteiger partial charge is 0.339 e. The van der Waals surface area contributed by atoms with Crippen LogP contribution in [0.5, 0.6) is 0 Å². The standard InChI is InChI=1S/C36H30ClN3O2/c37-31-13-10-29(11-14-31)35-33(15-9-25-5-4-6-26(23-25)19-22-41)38-34-24-30(12-16-32(34)39-35)36(42)40-20-17-28(18-21-40)27-7-2-1-3-8-27/h1-16,22-24,28H,17-21H2/b15-9+. The second-order valence-electron chi connectivity index (χ2n) is 10.6. The molecule has 0 bridgehead atoms. The van der Waals surface area contributed by atoms with Gasteiger partial charge in [-0.25, -0.2) is 9.97 Å². The maximum absolute atomic E-state index is 13.5. The molecule has 0 unspecified atom stereocenters. The molecule has 0 radical (unpaired) electrons. The Balaban J connectivity index is 1.30. The van der Waals surface area contributed by atoms with Crippen LogP contribution >= 0.6 is 11.6 Å². The summed E-state index contributed by atoms with van der Waals surface area (Å²) in [6.07, 6.45) is 7.08. The predicted molar refractivity (Wildman–Crippen MR) is 169 cm³/mol. The maximum atomic E-state index is 13.5. The van der Waals surface area contributed by atoms with Crippen molar-refractivity contribution in [1.29, 1.82) is 0 Å². The lowest BCUT2D eigenvalue weighted by Crippen LogP contribution is -2.37. The predicted octanol–water partition coefficient (Wildman–Crippen LogP) is 7.88. The molecule has 208 valence electrons. The number of hydrogen-bond donors (Lipinski definition) is 0. The molecule has 4 aromatic carbocycles. The van der Waals surface area contributed by atoms with E-state index in [9.17, 15) is 9.59 Å². The van der Waals surface area contributed by atoms with Crippen LogP contribution in [-0.2, 0) is 11.2 Å². The normalized spacial score (nSPS) is 14.0. The fourth-order valence-corrected chi connectivity index (χ4v) is 5.68. The van der Waals surface area contributed by atoms with Crippen molar-refractivity contribution in [2.45, 2.75) is 25.2 Å². The van der Waals surface area contributed by atoms with E-state index in [2.05, 4.69) is 24.3 Å². The van der Waals surface area contributed by atoms with Crippen molar-refractivity contribution in [2.75, 3.05) is 13.1 Å². The van der Waals surface area contributed by atoms with E-state index in [0.717, 1.165) is 54.6 Å². The Hall–Kier alpha value is -4.61. The summed E-state index contributed by atoms with van der Waals surface area (Å²) >= 11 is 6.16. The number of nitrogens with zero attached hydrogens (tertiary/aromatic N) is 3. The van der Waals surface area contributed by atoms with Gasteiger partial charge in [0, 0.05) is 35.7 Å². The van der Waals surface area contributed by atoms with Gasteiger partial charge in [-0.2, -0.15) is 0 Å². The van der Waals surface area contributed by atoms with Crippen molar-refractivity contribution in [2.24, 2.45) is 0 Å². The van der Waals surface area contributed by atoms with Gasteiger partial charge in [0.2, 0.25) is 0 Å². The van der Waals surface area contributed by atoms with E-state index in [1.165, 1.54) is 5.56 Å². The maximum Gasteiger partial charge on any atom is 0.253 e. The Labute approximate surface area is 250 Å². The Kier molecular flexibility index (Phi) is 8.20. The second-order valence-corrected chi connectivity index (χ2v) is 11.0. The van der Waals surface area contributed by atoms with Crippen molar-refractivity contribution < 1.29 is 9.59 Å². The smallest absolute Gasteiger partial charge is 0.253 e. The molecular weight excluding hydrogens is 542 g/mol. The van der Waals surface area contributed by atoms with Crippen LogP contribution in [0, 0.1) is 0 Å². The van der Waals surface area contributed by atoms with Crippen molar-refractivity contribution in [3.05, 3.63) is 130 Å². The average Bonchev–Trinajstić information content (AvgIpc) is 3.04. The summed E-state index contributed by atoms with van der Waals surface area (Å²) in [6, 6.07) is 31.5. The molecule has 1 amide bonds. The number of aromatic nitrogens is 2. The summed E-state index contributed by atoms with van der Waals surface area (Å²) in [6.45, 7) is 1.46. The van der Waals surface area contributed by atoms with Gasteiger partial charge in [-0.1, -0.05) is 84.4 Å². The zero-order valence-electron chi connectivity index (χ0n) is 23.1. The summed E-state index contributed by atoms with van der Waals surface area (Å²) in [5.41, 5.74) is 7.54. The Morgan fingerprint density at radius 2 is 1.62 bits per heavy atom. The van der Waals surface area contributed by atoms with Crippen molar-refractivity contribution in [3.8, 4) is 11.3 Å². The van der Waals surface area contributed by atoms with Gasteiger partial charge in [0.15, 0.2) is 0 Å². The van der Waals surface area contributed by atoms with E-state index >= 15 is 0 Å². The number of hydrogen-bond acceptors (Lipinski definition) is 4. The lowest BCUT2D eigenvalue weighted by atomic mass is 9.89. The molecule has 6 heteroatoms. The molecule has 0 saturated carbocycles. The Morgan fingerprint density at radius 3 is 2.38 bits per heavy atom. The number of likely N-dealkylation sites (tertiary alicyclic amines) is 1. The molecule has 1 fully saturated rings. The number of rotatable bonds is 7. The fraction of sp³-hybridized carbons (Fsp3) is 0.167. The number of carbonyl (C=O) groups excluding carboxylic acids is 2. The van der Waals surface area contributed by atoms with Crippen molar-refractivity contribution in [1.82, 2.24) is 14.9 Å². The second kappa shape index (κ2) is 12.5. The molecule has 42 heavy (non-hydrogen) atoms. The van der Waals surface area contributed by atoms with Crippen LogP contribution in [0.3, 0.4) is 0 Å². The Morgan fingerprint density at radius 1 is 0.833 bits per heavy atom. The lowest BCUT2D eigenvalue weighted by molar-refractivity contribution is -0.107. The minimum Gasteiger partial charge on any atom is -0.339 e. The van der Waals surface area contributed by atoms with Crippen LogP contribution in [-0.4, -0.2) is 40.2 Å². The van der Waals surface area contributed by atoms with E-state index in [1.807, 2.05) is 89.8 Å². The first-order chi connectivity index (χ1) is 20.6. The van der Waals surface area contributed by atoms with Gasteiger partial charge >= 0.3 is 0 Å². The van der Waals surface area contributed by atoms with Gasteiger partial charge in [0.25, 0.3) is 5.91 Å². The van der Waals surface area contributed by atoms with Gasteiger partial charge in [-0.15, -0.1) is 0 Å². The third kappa shape index (κ3) is 6.17. The molecule has 5 aromatic rings. The summed E-state index contributed by atoms with van der Waals surface area (Å²) in [5.74, 6) is 0.508. The molecular formula is C36H30ClN3O2. The molecule has 0 spiro atoms. The van der Waals surface area contributed by atoms with E-state index in [4.69, 9.17) is 21.6 Å². The van der Waals surface area contributed by atoms with Crippen molar-refractivity contribution in [3.63, 3.8) is 0 Å². The summed E-state index contributed by atoms with van der Waals surface area (Å²) in [5, 5.41) is 0.646. The first-order valence-corrected chi connectivity index (χ1v) is 14.6. The lowest BCUT2D eigenvalue weighted by Gasteiger charge is -2.32. The molecule has 1 saturated heterocycles. The summed E-state index contributed by atoms with van der Waals surface area (Å²) < 4.78 is 0. The number of halogens is 1.